The number of methoxy groups -OCH3 is 1. The van der Waals surface area contributed by atoms with Crippen molar-refractivity contribution in [2.75, 3.05) is 7.11 Å². The van der Waals surface area contributed by atoms with Crippen LogP contribution in [0.4, 0.5) is 0 Å². The van der Waals surface area contributed by atoms with Gasteiger partial charge in [0.15, 0.2) is 0 Å². The maximum atomic E-state index is 11.3. The third-order valence-electron chi connectivity index (χ3n) is 3.60. The lowest BCUT2D eigenvalue weighted by Crippen LogP contribution is -2.11. The Balaban J connectivity index is 1.87. The minimum Gasteiger partial charge on any atom is -0.496 e. The maximum absolute atomic E-state index is 11.3. The van der Waals surface area contributed by atoms with E-state index in [-0.39, 0.29) is 0 Å². The van der Waals surface area contributed by atoms with Crippen molar-refractivity contribution in [1.29, 1.82) is 0 Å². The van der Waals surface area contributed by atoms with Crippen LogP contribution < -0.4 is 10.5 Å². The van der Waals surface area contributed by atoms with Gasteiger partial charge in [0.05, 0.1) is 33.4 Å². The van der Waals surface area contributed by atoms with Crippen LogP contribution in [0.3, 0.4) is 0 Å². The average Bonchev–Trinajstić information content (AvgIpc) is 3.13. The van der Waals surface area contributed by atoms with Crippen LogP contribution in [-0.2, 0) is 6.42 Å². The lowest BCUT2D eigenvalue weighted by molar-refractivity contribution is 0.1000. The van der Waals surface area contributed by atoms with E-state index < -0.39 is 5.91 Å². The van der Waals surface area contributed by atoms with Gasteiger partial charge < -0.3 is 10.5 Å². The molecule has 1 amide bonds. The molecule has 7 heteroatoms. The van der Waals surface area contributed by atoms with Crippen LogP contribution >= 0.6 is 22.7 Å². The maximum Gasteiger partial charge on any atom is 0.248 e. The van der Waals surface area contributed by atoms with Crippen molar-refractivity contribution in [1.82, 2.24) is 9.97 Å². The highest BCUT2D eigenvalue weighted by Crippen LogP contribution is 2.32. The number of nitrogens with zero attached hydrogens (tertiary/aromatic N) is 2. The summed E-state index contributed by atoms with van der Waals surface area (Å²) in [5, 5.41) is 4.08. The monoisotopic (exact) mass is 359 g/mol. The van der Waals surface area contributed by atoms with E-state index in [2.05, 4.69) is 10.4 Å². The van der Waals surface area contributed by atoms with E-state index in [1.54, 1.807) is 41.9 Å². The van der Waals surface area contributed by atoms with Gasteiger partial charge in [-0.15, -0.1) is 22.7 Å². The first kappa shape index (κ1) is 16.6. The second-order valence-electron chi connectivity index (χ2n) is 5.34. The topological polar surface area (TPSA) is 78.1 Å². The summed E-state index contributed by atoms with van der Waals surface area (Å²) >= 11 is 3.26. The van der Waals surface area contributed by atoms with Gasteiger partial charge in [0.25, 0.3) is 0 Å². The summed E-state index contributed by atoms with van der Waals surface area (Å²) in [5.41, 5.74) is 8.70. The number of ether oxygens (including phenoxy) is 1. The van der Waals surface area contributed by atoms with Crippen LogP contribution in [-0.4, -0.2) is 23.0 Å². The molecule has 3 aromatic rings. The van der Waals surface area contributed by atoms with Crippen LogP contribution in [0, 0.1) is 13.8 Å². The number of nitrogens with two attached hydrogens (primary N) is 1. The molecule has 2 aromatic heterocycles. The molecule has 0 aliphatic heterocycles. The van der Waals surface area contributed by atoms with Gasteiger partial charge in [-0.25, -0.2) is 9.97 Å². The number of hydrogen-bond acceptors (Lipinski definition) is 6. The highest BCUT2D eigenvalue weighted by atomic mass is 32.1. The first-order valence-electron chi connectivity index (χ1n) is 7.33. The summed E-state index contributed by atoms with van der Waals surface area (Å²) in [6.07, 6.45) is 0.643. The zero-order chi connectivity index (χ0) is 17.3. The molecule has 0 unspecified atom stereocenters. The second kappa shape index (κ2) is 6.70. The van der Waals surface area contributed by atoms with Crippen molar-refractivity contribution < 1.29 is 9.53 Å². The molecule has 124 valence electrons. The molecule has 2 N–H and O–H groups in total. The van der Waals surface area contributed by atoms with Gasteiger partial charge in [-0.1, -0.05) is 6.07 Å². The Kier molecular flexibility index (Phi) is 4.64. The molecule has 0 bridgehead atoms. The zero-order valence-corrected chi connectivity index (χ0v) is 15.3. The molecule has 0 fully saturated rings. The minimum absolute atomic E-state index is 0.436. The number of hydrogen-bond donors (Lipinski definition) is 1. The van der Waals surface area contributed by atoms with Crippen LogP contribution in [0.1, 0.15) is 31.6 Å². The third kappa shape index (κ3) is 3.32. The Labute approximate surface area is 148 Å². The summed E-state index contributed by atoms with van der Waals surface area (Å²) in [6.45, 7) is 4.00. The van der Waals surface area contributed by atoms with Crippen LogP contribution in [0.5, 0.6) is 5.75 Å². The number of benzene rings is 1. The fourth-order valence-corrected chi connectivity index (χ4v) is 4.24. The summed E-state index contributed by atoms with van der Waals surface area (Å²) in [6, 6.07) is 5.25. The molecule has 0 atom stereocenters. The normalized spacial score (nSPS) is 10.8. The van der Waals surface area contributed by atoms with Gasteiger partial charge in [0.2, 0.25) is 5.91 Å². The third-order valence-corrected chi connectivity index (χ3v) is 5.55. The lowest BCUT2D eigenvalue weighted by Gasteiger charge is -2.08. The summed E-state index contributed by atoms with van der Waals surface area (Å²) in [7, 11) is 1.58. The highest BCUT2D eigenvalue weighted by Gasteiger charge is 2.14. The van der Waals surface area contributed by atoms with E-state index in [9.17, 15) is 4.79 Å². The number of thiazole rings is 2. The first-order chi connectivity index (χ1) is 11.5. The Morgan fingerprint density at radius 2 is 2.08 bits per heavy atom. The molecule has 24 heavy (non-hydrogen) atoms. The van der Waals surface area contributed by atoms with Gasteiger partial charge in [-0.2, -0.15) is 0 Å². The number of amides is 1. The molecular formula is C17H17N3O2S2. The molecule has 0 aliphatic rings. The quantitative estimate of drug-likeness (QED) is 0.755. The SMILES string of the molecule is COc1cc(C(N)=O)ccc1Cc1nc(-c2sc(C)nc2C)cs1. The van der Waals surface area contributed by atoms with E-state index in [0.29, 0.717) is 17.7 Å². The van der Waals surface area contributed by atoms with Crippen LogP contribution in [0.25, 0.3) is 10.6 Å². The van der Waals surface area contributed by atoms with Crippen LogP contribution in [0.15, 0.2) is 23.6 Å². The molecule has 5 nitrogen and oxygen atoms in total. The van der Waals surface area contributed by atoms with Gasteiger partial charge >= 0.3 is 0 Å². The molecule has 0 radical (unpaired) electrons. The number of rotatable bonds is 5. The van der Waals surface area contributed by atoms with E-state index in [4.69, 9.17) is 15.5 Å². The smallest absolute Gasteiger partial charge is 0.248 e. The number of carbonyl (C=O) groups is 1. The van der Waals surface area contributed by atoms with Gasteiger partial charge in [-0.3, -0.25) is 4.79 Å². The summed E-state index contributed by atoms with van der Waals surface area (Å²) < 4.78 is 5.38. The van der Waals surface area contributed by atoms with Crippen molar-refractivity contribution in [3.63, 3.8) is 0 Å². The van der Waals surface area contributed by atoms with Gasteiger partial charge in [0.1, 0.15) is 5.75 Å². The Morgan fingerprint density at radius 1 is 1.29 bits per heavy atom. The molecule has 3 rings (SSSR count). The van der Waals surface area contributed by atoms with Crippen molar-refractivity contribution in [3.8, 4) is 16.3 Å². The predicted octanol–water partition coefficient (Wildman–Crippen LogP) is 3.58. The molecule has 1 aromatic carbocycles. The molecule has 2 heterocycles. The van der Waals surface area contributed by atoms with E-state index in [1.165, 1.54) is 0 Å². The Bertz CT molecular complexity index is 899. The largest absolute Gasteiger partial charge is 0.496 e. The predicted molar refractivity (Wildman–Crippen MR) is 97.0 cm³/mol. The average molecular weight is 359 g/mol. The van der Waals surface area contributed by atoms with Crippen molar-refractivity contribution in [3.05, 3.63) is 50.4 Å². The fourth-order valence-electron chi connectivity index (χ4n) is 2.47. The standard InChI is InChI=1S/C17H17N3O2S2/c1-9-16(24-10(2)19-9)13-8-23-15(20-13)7-11-4-5-12(17(18)21)6-14(11)22-3/h4-6,8H,7H2,1-3H3,(H2,18,21). The minimum atomic E-state index is -0.465. The second-order valence-corrected chi connectivity index (χ2v) is 7.49. The molecule has 0 saturated heterocycles. The number of primary amides is 1. The number of aromatic nitrogens is 2. The van der Waals surface area contributed by atoms with Crippen molar-refractivity contribution >= 4 is 28.6 Å². The lowest BCUT2D eigenvalue weighted by atomic mass is 10.1. The Hall–Kier alpha value is -2.25. The first-order valence-corrected chi connectivity index (χ1v) is 9.03. The van der Waals surface area contributed by atoms with Crippen LogP contribution in [0.2, 0.25) is 0 Å². The van der Waals surface area contributed by atoms with Gasteiger partial charge in [0, 0.05) is 22.9 Å². The summed E-state index contributed by atoms with van der Waals surface area (Å²) in [4.78, 5) is 21.6. The zero-order valence-electron chi connectivity index (χ0n) is 13.6. The highest BCUT2D eigenvalue weighted by molar-refractivity contribution is 7.15. The molecule has 0 saturated carbocycles. The van der Waals surface area contributed by atoms with E-state index in [0.717, 1.165) is 31.8 Å². The molecule has 0 aliphatic carbocycles. The van der Waals surface area contributed by atoms with Crippen molar-refractivity contribution in [2.24, 2.45) is 5.73 Å². The molecule has 0 spiro atoms. The Morgan fingerprint density at radius 3 is 2.71 bits per heavy atom. The van der Waals surface area contributed by atoms with E-state index in [1.807, 2.05) is 19.9 Å². The summed E-state index contributed by atoms with van der Waals surface area (Å²) in [5.74, 6) is 0.181. The number of aryl methyl sites for hydroxylation is 2. The molecular weight excluding hydrogens is 342 g/mol. The number of carbonyl (C=O) groups excluding carboxylic acids is 1. The van der Waals surface area contributed by atoms with Gasteiger partial charge in [-0.05, 0) is 26.0 Å². The van der Waals surface area contributed by atoms with E-state index >= 15 is 0 Å². The van der Waals surface area contributed by atoms with Crippen molar-refractivity contribution in [2.45, 2.75) is 20.3 Å². The fraction of sp³-hybridized carbons (Fsp3) is 0.235.